The zero-order valence-electron chi connectivity index (χ0n) is 7.24. The molecule has 0 aliphatic heterocycles. The van der Waals surface area contributed by atoms with Crippen LogP contribution in [0.2, 0.25) is 0 Å². The Balaban J connectivity index is 2.93. The van der Waals surface area contributed by atoms with Crippen LogP contribution < -0.4 is 0 Å². The molecule has 0 bridgehead atoms. The van der Waals surface area contributed by atoms with Crippen LogP contribution in [0.15, 0.2) is 22.4 Å². The van der Waals surface area contributed by atoms with Crippen LogP contribution in [0.1, 0.15) is 12.8 Å². The summed E-state index contributed by atoms with van der Waals surface area (Å²) in [5.41, 5.74) is 1.48. The summed E-state index contributed by atoms with van der Waals surface area (Å²) in [4.78, 5) is 25.4. The molecule has 0 aromatic carbocycles. The van der Waals surface area contributed by atoms with Gasteiger partial charge >= 0.3 is 0 Å². The van der Waals surface area contributed by atoms with Crippen LogP contribution in [-0.4, -0.2) is 25.0 Å². The van der Waals surface area contributed by atoms with Crippen molar-refractivity contribution in [2.75, 3.05) is 7.11 Å². The van der Waals surface area contributed by atoms with Crippen molar-refractivity contribution >= 4 is 17.9 Å². The van der Waals surface area contributed by atoms with Crippen molar-refractivity contribution in [3.63, 3.8) is 0 Å². The van der Waals surface area contributed by atoms with Crippen LogP contribution in [0.25, 0.3) is 0 Å². The average Bonchev–Trinajstić information content (AvgIpc) is 2.18. The van der Waals surface area contributed by atoms with Gasteiger partial charge in [0.15, 0.2) is 6.29 Å². The molecule has 1 rings (SSSR count). The first-order valence-corrected chi connectivity index (χ1v) is 3.80. The highest BCUT2D eigenvalue weighted by atomic mass is 16.6. The van der Waals surface area contributed by atoms with Gasteiger partial charge in [-0.05, 0) is 0 Å². The Morgan fingerprint density at radius 2 is 2.46 bits per heavy atom. The highest BCUT2D eigenvalue weighted by Gasteiger charge is 2.15. The molecule has 0 atom stereocenters. The topological polar surface area (TPSA) is 55.7 Å². The third kappa shape index (κ3) is 2.13. The third-order valence-corrected chi connectivity index (χ3v) is 1.76. The fraction of sp³-hybridized carbons (Fsp3) is 0.333. The van der Waals surface area contributed by atoms with Gasteiger partial charge in [-0.2, -0.15) is 0 Å². The van der Waals surface area contributed by atoms with Crippen LogP contribution in [-0.2, 0) is 14.4 Å². The summed E-state index contributed by atoms with van der Waals surface area (Å²) in [6, 6.07) is 0. The van der Waals surface area contributed by atoms with Gasteiger partial charge in [0.25, 0.3) is 0 Å². The number of aldehydes is 1. The van der Waals surface area contributed by atoms with E-state index in [-0.39, 0.29) is 0 Å². The summed E-state index contributed by atoms with van der Waals surface area (Å²) >= 11 is 0. The number of hydrogen-bond acceptors (Lipinski definition) is 4. The molecule has 0 unspecified atom stereocenters. The predicted octanol–water partition coefficient (Wildman–Crippen LogP) is 0.666. The van der Waals surface area contributed by atoms with Crippen molar-refractivity contribution in [1.82, 2.24) is 0 Å². The number of oxime groups is 1. The number of rotatable bonds is 2. The minimum atomic E-state index is 0.344. The fourth-order valence-electron chi connectivity index (χ4n) is 1.14. The lowest BCUT2D eigenvalue weighted by Crippen LogP contribution is -2.09. The molecule has 0 aromatic heterocycles. The Morgan fingerprint density at radius 3 is 3.00 bits per heavy atom. The van der Waals surface area contributed by atoms with E-state index < -0.39 is 0 Å². The van der Waals surface area contributed by atoms with E-state index in [1.807, 2.05) is 0 Å². The van der Waals surface area contributed by atoms with Gasteiger partial charge in [-0.25, -0.2) is 4.79 Å². The fourth-order valence-corrected chi connectivity index (χ4v) is 1.14. The van der Waals surface area contributed by atoms with Crippen molar-refractivity contribution in [3.8, 4) is 0 Å². The van der Waals surface area contributed by atoms with E-state index in [1.54, 1.807) is 12.0 Å². The number of carbonyl (C=O) groups is 1. The number of nitrogens with zero attached hydrogens (tertiary/aromatic N) is 1. The minimum Gasteiger partial charge on any atom is -0.399 e. The van der Waals surface area contributed by atoms with Crippen molar-refractivity contribution in [2.24, 2.45) is 5.16 Å². The van der Waals surface area contributed by atoms with Crippen molar-refractivity contribution in [2.45, 2.75) is 12.8 Å². The molecule has 13 heavy (non-hydrogen) atoms. The second-order valence-corrected chi connectivity index (χ2v) is 2.58. The summed E-state index contributed by atoms with van der Waals surface area (Å²) < 4.78 is 0. The van der Waals surface area contributed by atoms with E-state index >= 15 is 0 Å². The maximum absolute atomic E-state index is 10.5. The molecule has 4 heteroatoms. The summed E-state index contributed by atoms with van der Waals surface area (Å²) in [6.07, 6.45) is 3.20. The second kappa shape index (κ2) is 4.38. The summed E-state index contributed by atoms with van der Waals surface area (Å²) in [5, 5.41) is 3.71. The van der Waals surface area contributed by atoms with Gasteiger partial charge in [0.05, 0.1) is 11.3 Å². The molecular formula is C9H9NO3. The van der Waals surface area contributed by atoms with E-state index in [2.05, 4.69) is 9.99 Å². The molecule has 0 spiro atoms. The van der Waals surface area contributed by atoms with Gasteiger partial charge < -0.3 is 4.84 Å². The first-order valence-electron chi connectivity index (χ1n) is 3.80. The lowest BCUT2D eigenvalue weighted by Gasteiger charge is -2.10. The van der Waals surface area contributed by atoms with Crippen LogP contribution in [0, 0.1) is 0 Å². The van der Waals surface area contributed by atoms with E-state index in [9.17, 15) is 9.59 Å². The third-order valence-electron chi connectivity index (χ3n) is 1.76. The average molecular weight is 179 g/mol. The van der Waals surface area contributed by atoms with E-state index in [1.165, 1.54) is 7.11 Å². The van der Waals surface area contributed by atoms with Crippen molar-refractivity contribution in [3.05, 3.63) is 17.2 Å². The zero-order chi connectivity index (χ0) is 9.68. The van der Waals surface area contributed by atoms with E-state index in [4.69, 9.17) is 0 Å². The van der Waals surface area contributed by atoms with Crippen molar-refractivity contribution < 1.29 is 14.4 Å². The molecular weight excluding hydrogens is 170 g/mol. The zero-order valence-corrected chi connectivity index (χ0v) is 7.24. The number of allylic oxidation sites excluding steroid dienone is 3. The van der Waals surface area contributed by atoms with Crippen LogP contribution >= 0.6 is 0 Å². The first kappa shape index (κ1) is 9.42. The molecule has 0 aromatic rings. The Kier molecular flexibility index (Phi) is 3.17. The predicted molar refractivity (Wildman–Crippen MR) is 47.0 cm³/mol. The van der Waals surface area contributed by atoms with Gasteiger partial charge in [0.1, 0.15) is 13.1 Å². The second-order valence-electron chi connectivity index (χ2n) is 2.58. The van der Waals surface area contributed by atoms with Gasteiger partial charge in [-0.3, -0.25) is 4.79 Å². The maximum atomic E-state index is 10.5. The number of hydrogen-bond donors (Lipinski definition) is 0. The molecule has 4 nitrogen and oxygen atoms in total. The minimum absolute atomic E-state index is 0.344. The molecule has 0 heterocycles. The van der Waals surface area contributed by atoms with E-state index in [0.717, 1.165) is 5.71 Å². The highest BCUT2D eigenvalue weighted by Crippen LogP contribution is 2.18. The molecule has 0 amide bonds. The molecule has 0 saturated heterocycles. The monoisotopic (exact) mass is 179 g/mol. The smallest absolute Gasteiger partial charge is 0.150 e. The summed E-state index contributed by atoms with van der Waals surface area (Å²) in [6.45, 7) is 0. The Morgan fingerprint density at radius 1 is 1.69 bits per heavy atom. The highest BCUT2D eigenvalue weighted by molar-refractivity contribution is 5.98. The van der Waals surface area contributed by atoms with Gasteiger partial charge in [0.2, 0.25) is 0 Å². The van der Waals surface area contributed by atoms with Crippen molar-refractivity contribution in [1.29, 1.82) is 0 Å². The first-order chi connectivity index (χ1) is 6.31. The lowest BCUT2D eigenvalue weighted by molar-refractivity contribution is -0.104. The standard InChI is InChI=1S/C9H9NO3/c1-13-10-9-3-2-7(5-11)8(4-9)6-12/h2,5H,3-4H2,1H3/b10-9-. The van der Waals surface area contributed by atoms with E-state index in [0.29, 0.717) is 30.3 Å². The molecule has 68 valence electrons. The molecule has 0 radical (unpaired) electrons. The maximum Gasteiger partial charge on any atom is 0.150 e. The summed E-state index contributed by atoms with van der Waals surface area (Å²) in [5.74, 6) is 1.72. The summed E-state index contributed by atoms with van der Waals surface area (Å²) in [7, 11) is 1.44. The van der Waals surface area contributed by atoms with Gasteiger partial charge in [-0.1, -0.05) is 11.2 Å². The lowest BCUT2D eigenvalue weighted by atomic mass is 9.94. The Hall–Kier alpha value is -1.67. The van der Waals surface area contributed by atoms with Crippen LogP contribution in [0.3, 0.4) is 0 Å². The molecule has 0 fully saturated rings. The molecule has 0 saturated carbocycles. The quantitative estimate of drug-likeness (QED) is 0.355. The molecule has 1 aliphatic carbocycles. The SMILES string of the molecule is CO/N=C1/CC=C(C=O)C(=C=O)C1. The van der Waals surface area contributed by atoms with Gasteiger partial charge in [-0.15, -0.1) is 0 Å². The van der Waals surface area contributed by atoms with Crippen LogP contribution in [0.5, 0.6) is 0 Å². The van der Waals surface area contributed by atoms with Gasteiger partial charge in [0, 0.05) is 18.4 Å². The normalized spacial score (nSPS) is 19.3. The van der Waals surface area contributed by atoms with Crippen LogP contribution in [0.4, 0.5) is 0 Å². The number of carbonyl (C=O) groups excluding carboxylic acids is 2. The Bertz CT molecular complexity index is 322. The largest absolute Gasteiger partial charge is 0.399 e. The molecule has 0 N–H and O–H groups in total. The molecule has 1 aliphatic rings. The Labute approximate surface area is 75.6 Å².